The van der Waals surface area contributed by atoms with Gasteiger partial charge in [0, 0.05) is 0 Å². The Labute approximate surface area is 86.4 Å². The molecule has 0 N–H and O–H groups in total. The van der Waals surface area contributed by atoms with Crippen LogP contribution in [-0.4, -0.2) is 20.4 Å². The fourth-order valence-corrected chi connectivity index (χ4v) is 4.83. The second-order valence-electron chi connectivity index (χ2n) is 3.09. The Bertz CT molecular complexity index is 513. The minimum atomic E-state index is -0.0792. The predicted octanol–water partition coefficient (Wildman–Crippen LogP) is 3.05. The maximum absolute atomic E-state index is 2.28. The minimum absolute atomic E-state index is 0.0792. The van der Waals surface area contributed by atoms with Crippen molar-refractivity contribution in [3.05, 3.63) is 48.5 Å². The average molecular weight is 280 g/mol. The van der Waals surface area contributed by atoms with E-state index in [9.17, 15) is 0 Å². The van der Waals surface area contributed by atoms with Crippen molar-refractivity contribution in [2.75, 3.05) is 0 Å². The Morgan fingerprint density at radius 2 is 1.08 bits per heavy atom. The van der Waals surface area contributed by atoms with Crippen LogP contribution in [0, 0.1) is 0 Å². The van der Waals surface area contributed by atoms with E-state index in [-0.39, 0.29) is 20.4 Å². The molecule has 62 valence electrons. The van der Waals surface area contributed by atoms with Crippen molar-refractivity contribution in [1.29, 1.82) is 0 Å². The summed E-state index contributed by atoms with van der Waals surface area (Å²) in [6, 6.07) is 17.6. The molecule has 0 aliphatic rings. The Hall–Kier alpha value is -0.770. The van der Waals surface area contributed by atoms with Crippen molar-refractivity contribution in [2.45, 2.75) is 0 Å². The van der Waals surface area contributed by atoms with Crippen molar-refractivity contribution in [3.8, 4) is 0 Å². The van der Waals surface area contributed by atoms with Crippen molar-refractivity contribution in [3.63, 3.8) is 0 Å². The van der Waals surface area contributed by atoms with Crippen LogP contribution in [0.3, 0.4) is 0 Å². The molecule has 1 aromatic heterocycles. The summed E-state index contributed by atoms with van der Waals surface area (Å²) in [6.07, 6.45) is 0. The zero-order valence-corrected chi connectivity index (χ0v) is 9.36. The first-order chi connectivity index (χ1) is 6.45. The molecule has 0 saturated heterocycles. The summed E-state index contributed by atoms with van der Waals surface area (Å²) >= 11 is -0.0792. The van der Waals surface area contributed by atoms with E-state index in [1.807, 2.05) is 0 Å². The third-order valence-electron chi connectivity index (χ3n) is 2.28. The van der Waals surface area contributed by atoms with Gasteiger partial charge in [0.15, 0.2) is 0 Å². The van der Waals surface area contributed by atoms with Gasteiger partial charge in [-0.25, -0.2) is 0 Å². The van der Waals surface area contributed by atoms with Crippen LogP contribution in [0.25, 0.3) is 17.6 Å². The molecule has 0 unspecified atom stereocenters. The molecule has 0 bridgehead atoms. The van der Waals surface area contributed by atoms with Gasteiger partial charge < -0.3 is 0 Å². The molecular weight excluding hydrogens is 272 g/mol. The van der Waals surface area contributed by atoms with E-state index >= 15 is 0 Å². The van der Waals surface area contributed by atoms with Gasteiger partial charge in [-0.3, -0.25) is 0 Å². The first kappa shape index (κ1) is 7.62. The van der Waals surface area contributed by atoms with Gasteiger partial charge >= 0.3 is 86.5 Å². The van der Waals surface area contributed by atoms with Crippen LogP contribution in [0.4, 0.5) is 0 Å². The predicted molar refractivity (Wildman–Crippen MR) is 58.4 cm³/mol. The quantitative estimate of drug-likeness (QED) is 0.555. The van der Waals surface area contributed by atoms with Gasteiger partial charge in [0.25, 0.3) is 0 Å². The summed E-state index contributed by atoms with van der Waals surface area (Å²) in [5.74, 6) is 0. The molecule has 1 heteroatoms. The first-order valence-electron chi connectivity index (χ1n) is 4.31. The van der Waals surface area contributed by atoms with Crippen molar-refractivity contribution < 1.29 is 0 Å². The van der Waals surface area contributed by atoms with Gasteiger partial charge in [0.05, 0.1) is 0 Å². The number of rotatable bonds is 0. The normalized spacial score (nSPS) is 11.1. The third kappa shape index (κ3) is 1.12. The molecule has 13 heavy (non-hydrogen) atoms. The number of fused-ring (bicyclic) bond motifs is 3. The third-order valence-corrected chi connectivity index (χ3v) is 5.57. The average Bonchev–Trinajstić information content (AvgIpc) is 2.56. The zero-order valence-electron chi connectivity index (χ0n) is 7.03. The van der Waals surface area contributed by atoms with E-state index in [2.05, 4.69) is 48.5 Å². The molecule has 0 aliphatic carbocycles. The Kier molecular flexibility index (Phi) is 1.68. The van der Waals surface area contributed by atoms with Crippen LogP contribution in [0.2, 0.25) is 0 Å². The molecule has 0 fully saturated rings. The summed E-state index contributed by atoms with van der Waals surface area (Å²) in [6.45, 7) is 0. The molecule has 2 aromatic carbocycles. The SMILES string of the molecule is c1ccc2c(c1)[te]c1ccccc12. The van der Waals surface area contributed by atoms with E-state index in [1.54, 1.807) is 6.80 Å². The van der Waals surface area contributed by atoms with Crippen molar-refractivity contribution in [2.24, 2.45) is 0 Å². The monoisotopic (exact) mass is 282 g/mol. The molecule has 3 aromatic rings. The van der Waals surface area contributed by atoms with Crippen LogP contribution in [0.5, 0.6) is 0 Å². The molecule has 0 atom stereocenters. The van der Waals surface area contributed by atoms with Gasteiger partial charge in [-0.05, 0) is 0 Å². The van der Waals surface area contributed by atoms with Crippen molar-refractivity contribution in [1.82, 2.24) is 0 Å². The molecule has 0 nitrogen and oxygen atoms in total. The molecule has 0 saturated carbocycles. The Balaban J connectivity index is 2.64. The van der Waals surface area contributed by atoms with Gasteiger partial charge in [-0.1, -0.05) is 0 Å². The summed E-state index contributed by atoms with van der Waals surface area (Å²) in [5, 5.41) is 2.95. The topological polar surface area (TPSA) is 0 Å². The van der Waals surface area contributed by atoms with E-state index in [0.29, 0.717) is 0 Å². The molecule has 0 radical (unpaired) electrons. The molecule has 0 aliphatic heterocycles. The van der Waals surface area contributed by atoms with E-state index < -0.39 is 0 Å². The fraction of sp³-hybridized carbons (Fsp3) is 0. The van der Waals surface area contributed by atoms with Crippen LogP contribution in [-0.2, 0) is 0 Å². The van der Waals surface area contributed by atoms with Crippen LogP contribution in [0.1, 0.15) is 0 Å². The summed E-state index contributed by atoms with van der Waals surface area (Å²) in [5.41, 5.74) is 0. The number of hydrogen-bond donors (Lipinski definition) is 0. The summed E-state index contributed by atoms with van der Waals surface area (Å²) in [4.78, 5) is 0. The summed E-state index contributed by atoms with van der Waals surface area (Å²) < 4.78 is 3.18. The molecule has 3 rings (SSSR count). The molecular formula is C12H8Te. The van der Waals surface area contributed by atoms with Gasteiger partial charge in [0.1, 0.15) is 0 Å². The fourth-order valence-electron chi connectivity index (χ4n) is 1.67. The zero-order chi connectivity index (χ0) is 8.67. The second-order valence-corrected chi connectivity index (χ2v) is 6.19. The Morgan fingerprint density at radius 1 is 0.615 bits per heavy atom. The van der Waals surface area contributed by atoms with Crippen LogP contribution >= 0.6 is 0 Å². The molecule has 1 heterocycles. The number of hydrogen-bond acceptors (Lipinski definition) is 0. The van der Waals surface area contributed by atoms with Crippen molar-refractivity contribution >= 4 is 38.0 Å². The standard InChI is InChI=1S/C12H8Te/c1-3-7-11-9(5-1)10-6-2-4-8-12(10)13-11/h1-8H. The van der Waals surface area contributed by atoms with E-state index in [1.165, 1.54) is 10.8 Å². The van der Waals surface area contributed by atoms with Gasteiger partial charge in [-0.2, -0.15) is 0 Å². The molecule has 0 spiro atoms. The Morgan fingerprint density at radius 3 is 1.62 bits per heavy atom. The second kappa shape index (κ2) is 2.87. The number of benzene rings is 2. The van der Waals surface area contributed by atoms with E-state index in [0.717, 1.165) is 0 Å². The van der Waals surface area contributed by atoms with Crippen LogP contribution in [0.15, 0.2) is 48.5 Å². The van der Waals surface area contributed by atoms with Gasteiger partial charge in [-0.15, -0.1) is 0 Å². The summed E-state index contributed by atoms with van der Waals surface area (Å²) in [7, 11) is 0. The van der Waals surface area contributed by atoms with E-state index in [4.69, 9.17) is 0 Å². The molecule has 0 amide bonds. The maximum atomic E-state index is 2.28. The first-order valence-corrected chi connectivity index (χ1v) is 6.64. The van der Waals surface area contributed by atoms with Gasteiger partial charge in [0.2, 0.25) is 0 Å². The van der Waals surface area contributed by atoms with Crippen LogP contribution < -0.4 is 0 Å².